The van der Waals surface area contributed by atoms with Crippen LogP contribution in [0.3, 0.4) is 0 Å². The van der Waals surface area contributed by atoms with E-state index >= 15 is 0 Å². The van der Waals surface area contributed by atoms with Crippen molar-refractivity contribution in [3.05, 3.63) is 58.6 Å². The topological polar surface area (TPSA) is 66.5 Å². The van der Waals surface area contributed by atoms with Crippen LogP contribution >= 0.6 is 11.6 Å². The zero-order valence-corrected chi connectivity index (χ0v) is 12.3. The predicted molar refractivity (Wildman–Crippen MR) is 83.3 cm³/mol. The monoisotopic (exact) mass is 314 g/mol. The first-order valence-corrected chi connectivity index (χ1v) is 6.92. The Kier molecular flexibility index (Phi) is 3.42. The SMILES string of the molecule is CC(=O)Nc1ccc(N2C(=O)c3ccccc3C2=O)cc1Cl. The summed E-state index contributed by atoms with van der Waals surface area (Å²) >= 11 is 6.09. The molecule has 3 rings (SSSR count). The summed E-state index contributed by atoms with van der Waals surface area (Å²) in [6.07, 6.45) is 0. The Morgan fingerprint density at radius 1 is 1.05 bits per heavy atom. The first-order chi connectivity index (χ1) is 10.5. The number of amides is 3. The number of carbonyl (C=O) groups excluding carboxylic acids is 3. The van der Waals surface area contributed by atoms with Crippen molar-refractivity contribution >= 4 is 40.7 Å². The van der Waals surface area contributed by atoms with Crippen LogP contribution in [0.15, 0.2) is 42.5 Å². The van der Waals surface area contributed by atoms with Crippen molar-refractivity contribution in [2.24, 2.45) is 0 Å². The summed E-state index contributed by atoms with van der Waals surface area (Å²) in [5.74, 6) is -1.02. The van der Waals surface area contributed by atoms with Crippen LogP contribution < -0.4 is 10.2 Å². The molecular weight excluding hydrogens is 304 g/mol. The van der Waals surface area contributed by atoms with Gasteiger partial charge < -0.3 is 5.32 Å². The maximum atomic E-state index is 12.4. The minimum atomic E-state index is -0.385. The Morgan fingerprint density at radius 2 is 1.64 bits per heavy atom. The highest BCUT2D eigenvalue weighted by atomic mass is 35.5. The highest BCUT2D eigenvalue weighted by Crippen LogP contribution is 2.32. The van der Waals surface area contributed by atoms with Crippen molar-refractivity contribution in [2.75, 3.05) is 10.2 Å². The van der Waals surface area contributed by atoms with Crippen LogP contribution in [0.5, 0.6) is 0 Å². The number of benzene rings is 2. The van der Waals surface area contributed by atoms with E-state index in [4.69, 9.17) is 11.6 Å². The molecule has 0 radical (unpaired) electrons. The van der Waals surface area contributed by atoms with E-state index in [-0.39, 0.29) is 22.7 Å². The molecule has 1 heterocycles. The van der Waals surface area contributed by atoms with Gasteiger partial charge in [0.1, 0.15) is 0 Å². The lowest BCUT2D eigenvalue weighted by Gasteiger charge is -2.15. The molecule has 1 aliphatic heterocycles. The molecule has 110 valence electrons. The van der Waals surface area contributed by atoms with E-state index in [0.29, 0.717) is 22.5 Å². The Balaban J connectivity index is 2.00. The van der Waals surface area contributed by atoms with Crippen LogP contribution in [-0.4, -0.2) is 17.7 Å². The van der Waals surface area contributed by atoms with E-state index in [1.54, 1.807) is 36.4 Å². The highest BCUT2D eigenvalue weighted by molar-refractivity contribution is 6.36. The minimum Gasteiger partial charge on any atom is -0.325 e. The summed E-state index contributed by atoms with van der Waals surface area (Å²) in [5.41, 5.74) is 1.53. The third-order valence-electron chi connectivity index (χ3n) is 3.32. The summed E-state index contributed by atoms with van der Waals surface area (Å²) in [5, 5.41) is 2.83. The largest absolute Gasteiger partial charge is 0.325 e. The zero-order valence-electron chi connectivity index (χ0n) is 11.6. The maximum absolute atomic E-state index is 12.4. The molecule has 2 aromatic rings. The van der Waals surface area contributed by atoms with Crippen LogP contribution in [0.1, 0.15) is 27.6 Å². The van der Waals surface area contributed by atoms with Gasteiger partial charge in [0.25, 0.3) is 11.8 Å². The highest BCUT2D eigenvalue weighted by Gasteiger charge is 2.36. The number of imide groups is 1. The van der Waals surface area contributed by atoms with Crippen molar-refractivity contribution in [3.63, 3.8) is 0 Å². The first-order valence-electron chi connectivity index (χ1n) is 6.54. The number of fused-ring (bicyclic) bond motifs is 1. The van der Waals surface area contributed by atoms with Gasteiger partial charge in [-0.3, -0.25) is 14.4 Å². The fraction of sp³-hybridized carbons (Fsp3) is 0.0625. The number of nitrogens with zero attached hydrogens (tertiary/aromatic N) is 1. The van der Waals surface area contributed by atoms with Crippen molar-refractivity contribution in [1.29, 1.82) is 0 Å². The van der Waals surface area contributed by atoms with Gasteiger partial charge in [0, 0.05) is 6.92 Å². The van der Waals surface area contributed by atoms with Crippen LogP contribution in [0.2, 0.25) is 5.02 Å². The third kappa shape index (κ3) is 2.25. The van der Waals surface area contributed by atoms with Crippen LogP contribution in [-0.2, 0) is 4.79 Å². The lowest BCUT2D eigenvalue weighted by atomic mass is 10.1. The molecule has 1 aliphatic rings. The average molecular weight is 315 g/mol. The van der Waals surface area contributed by atoms with Gasteiger partial charge in [0.2, 0.25) is 5.91 Å². The summed E-state index contributed by atoms with van der Waals surface area (Å²) in [6, 6.07) is 11.3. The molecular formula is C16H11ClN2O3. The second kappa shape index (κ2) is 5.27. The first kappa shape index (κ1) is 14.3. The smallest absolute Gasteiger partial charge is 0.266 e. The molecule has 0 unspecified atom stereocenters. The number of halogens is 1. The van der Waals surface area contributed by atoms with Gasteiger partial charge in [-0.05, 0) is 30.3 Å². The molecule has 6 heteroatoms. The van der Waals surface area contributed by atoms with E-state index in [9.17, 15) is 14.4 Å². The second-order valence-corrected chi connectivity index (χ2v) is 5.24. The van der Waals surface area contributed by atoms with Crippen LogP contribution in [0, 0.1) is 0 Å². The van der Waals surface area contributed by atoms with Gasteiger partial charge in [-0.1, -0.05) is 23.7 Å². The van der Waals surface area contributed by atoms with Crippen LogP contribution in [0.25, 0.3) is 0 Å². The minimum absolute atomic E-state index is 0.254. The Hall–Kier alpha value is -2.66. The van der Waals surface area contributed by atoms with Gasteiger partial charge in [0.15, 0.2) is 0 Å². The number of hydrogen-bond acceptors (Lipinski definition) is 3. The van der Waals surface area contributed by atoms with Gasteiger partial charge in [-0.2, -0.15) is 0 Å². The third-order valence-corrected chi connectivity index (χ3v) is 3.63. The van der Waals surface area contributed by atoms with Crippen molar-refractivity contribution in [1.82, 2.24) is 0 Å². The maximum Gasteiger partial charge on any atom is 0.266 e. The van der Waals surface area contributed by atoms with E-state index in [2.05, 4.69) is 5.32 Å². The Morgan fingerprint density at radius 3 is 2.14 bits per heavy atom. The summed E-state index contributed by atoms with van der Waals surface area (Å²) < 4.78 is 0. The Labute approximate surface area is 131 Å². The fourth-order valence-electron chi connectivity index (χ4n) is 2.36. The van der Waals surface area contributed by atoms with Gasteiger partial charge in [-0.25, -0.2) is 4.90 Å². The second-order valence-electron chi connectivity index (χ2n) is 4.84. The predicted octanol–water partition coefficient (Wildman–Crippen LogP) is 3.10. The summed E-state index contributed by atoms with van der Waals surface area (Å²) in [4.78, 5) is 36.9. The summed E-state index contributed by atoms with van der Waals surface area (Å²) in [7, 11) is 0. The van der Waals surface area contributed by atoms with E-state index < -0.39 is 0 Å². The fourth-order valence-corrected chi connectivity index (χ4v) is 2.58. The van der Waals surface area contributed by atoms with E-state index in [1.165, 1.54) is 13.0 Å². The number of hydrogen-bond donors (Lipinski definition) is 1. The molecule has 3 amide bonds. The molecule has 0 bridgehead atoms. The van der Waals surface area contributed by atoms with Crippen molar-refractivity contribution in [2.45, 2.75) is 6.92 Å². The standard InChI is InChI=1S/C16H11ClN2O3/c1-9(20)18-14-7-6-10(8-13(14)17)19-15(21)11-4-2-3-5-12(11)16(19)22/h2-8H,1H3,(H,18,20). The van der Waals surface area contributed by atoms with Gasteiger partial charge in [0.05, 0.1) is 27.5 Å². The molecule has 0 aliphatic carbocycles. The molecule has 0 spiro atoms. The Bertz CT molecular complexity index is 782. The lowest BCUT2D eigenvalue weighted by molar-refractivity contribution is -0.114. The van der Waals surface area contributed by atoms with Crippen molar-refractivity contribution in [3.8, 4) is 0 Å². The molecule has 0 aromatic heterocycles. The quantitative estimate of drug-likeness (QED) is 0.866. The van der Waals surface area contributed by atoms with Crippen molar-refractivity contribution < 1.29 is 14.4 Å². The van der Waals surface area contributed by atoms with E-state index in [0.717, 1.165) is 4.90 Å². The van der Waals surface area contributed by atoms with Gasteiger partial charge in [-0.15, -0.1) is 0 Å². The molecule has 0 saturated heterocycles. The van der Waals surface area contributed by atoms with Gasteiger partial charge >= 0.3 is 0 Å². The molecule has 5 nitrogen and oxygen atoms in total. The molecule has 0 saturated carbocycles. The molecule has 22 heavy (non-hydrogen) atoms. The molecule has 2 aromatic carbocycles. The number of rotatable bonds is 2. The summed E-state index contributed by atoms with van der Waals surface area (Å²) in [6.45, 7) is 1.37. The number of carbonyl (C=O) groups is 3. The lowest BCUT2D eigenvalue weighted by Crippen LogP contribution is -2.29. The van der Waals surface area contributed by atoms with E-state index in [1.807, 2.05) is 0 Å². The zero-order chi connectivity index (χ0) is 15.9. The molecule has 0 fully saturated rings. The molecule has 0 atom stereocenters. The average Bonchev–Trinajstić information content (AvgIpc) is 2.73. The number of nitrogens with one attached hydrogen (secondary N) is 1. The molecule has 1 N–H and O–H groups in total. The number of anilines is 2. The normalized spacial score (nSPS) is 13.3. The van der Waals surface area contributed by atoms with Crippen LogP contribution in [0.4, 0.5) is 11.4 Å².